The normalized spacial score (nSPS) is 10.7. The fourth-order valence-corrected chi connectivity index (χ4v) is 1.60. The van der Waals surface area contributed by atoms with Gasteiger partial charge in [0.25, 0.3) is 0 Å². The van der Waals surface area contributed by atoms with Crippen molar-refractivity contribution >= 4 is 17.2 Å². The van der Waals surface area contributed by atoms with Gasteiger partial charge in [-0.3, -0.25) is 4.68 Å². The van der Waals surface area contributed by atoms with Crippen LogP contribution >= 0.6 is 0 Å². The van der Waals surface area contributed by atoms with Crippen molar-refractivity contribution < 1.29 is 4.74 Å². The maximum Gasteiger partial charge on any atom is 0.152 e. The number of nitrogen functional groups attached to an aromatic ring is 1. The first-order valence-electron chi connectivity index (χ1n) is 5.87. The van der Waals surface area contributed by atoms with Gasteiger partial charge >= 0.3 is 0 Å². The molecule has 0 bridgehead atoms. The Balaban J connectivity index is 2.18. The Kier molecular flexibility index (Phi) is 3.41. The number of benzene rings is 1. The van der Waals surface area contributed by atoms with Gasteiger partial charge in [0.2, 0.25) is 0 Å². The van der Waals surface area contributed by atoms with E-state index in [9.17, 15) is 0 Å². The average Bonchev–Trinajstić information content (AvgIpc) is 2.68. The van der Waals surface area contributed by atoms with Crippen molar-refractivity contribution in [3.05, 3.63) is 30.5 Å². The molecule has 0 aliphatic heterocycles. The molecule has 0 amide bonds. The molecule has 0 aliphatic carbocycles. The molecule has 1 heterocycles. The van der Waals surface area contributed by atoms with E-state index in [0.29, 0.717) is 11.4 Å². The second-order valence-electron chi connectivity index (χ2n) is 4.42. The van der Waals surface area contributed by atoms with Crippen LogP contribution in [0.15, 0.2) is 30.5 Å². The maximum atomic E-state index is 5.86. The van der Waals surface area contributed by atoms with Crippen molar-refractivity contribution in [3.63, 3.8) is 0 Å². The summed E-state index contributed by atoms with van der Waals surface area (Å²) in [4.78, 5) is 0. The van der Waals surface area contributed by atoms with Crippen molar-refractivity contribution in [2.75, 3.05) is 11.1 Å². The number of ether oxygens (including phenoxy) is 1. The Morgan fingerprint density at radius 3 is 2.72 bits per heavy atom. The molecule has 0 aliphatic rings. The molecule has 0 fully saturated rings. The zero-order chi connectivity index (χ0) is 13.1. The lowest BCUT2D eigenvalue weighted by atomic mass is 10.2. The molecule has 96 valence electrons. The highest BCUT2D eigenvalue weighted by Crippen LogP contribution is 2.27. The van der Waals surface area contributed by atoms with E-state index in [2.05, 4.69) is 10.4 Å². The van der Waals surface area contributed by atoms with Gasteiger partial charge in [0.15, 0.2) is 5.82 Å². The first-order chi connectivity index (χ1) is 8.54. The number of nitrogens with two attached hydrogens (primary N) is 1. The maximum absolute atomic E-state index is 5.86. The van der Waals surface area contributed by atoms with Crippen LogP contribution in [0.4, 0.5) is 17.2 Å². The molecule has 2 rings (SSSR count). The van der Waals surface area contributed by atoms with Gasteiger partial charge in [-0.1, -0.05) is 0 Å². The van der Waals surface area contributed by atoms with E-state index in [-0.39, 0.29) is 6.10 Å². The highest BCUT2D eigenvalue weighted by Gasteiger charge is 2.05. The van der Waals surface area contributed by atoms with Crippen LogP contribution in [-0.2, 0) is 7.05 Å². The van der Waals surface area contributed by atoms with E-state index in [0.717, 1.165) is 11.5 Å². The van der Waals surface area contributed by atoms with Crippen LogP contribution in [0.25, 0.3) is 0 Å². The predicted octanol–water partition coefficient (Wildman–Crippen LogP) is 2.53. The molecule has 5 heteroatoms. The summed E-state index contributed by atoms with van der Waals surface area (Å²) < 4.78 is 7.38. The number of hydrogen-bond donors (Lipinski definition) is 2. The van der Waals surface area contributed by atoms with Crippen LogP contribution in [-0.4, -0.2) is 15.9 Å². The first kappa shape index (κ1) is 12.3. The molecule has 1 aromatic heterocycles. The van der Waals surface area contributed by atoms with E-state index in [1.165, 1.54) is 0 Å². The third-order valence-corrected chi connectivity index (χ3v) is 2.36. The van der Waals surface area contributed by atoms with E-state index < -0.39 is 0 Å². The molecular weight excluding hydrogens is 228 g/mol. The van der Waals surface area contributed by atoms with E-state index in [1.54, 1.807) is 4.68 Å². The summed E-state index contributed by atoms with van der Waals surface area (Å²) in [5.41, 5.74) is 7.40. The number of rotatable bonds is 4. The number of aryl methyl sites for hydroxylation is 1. The molecule has 0 saturated carbocycles. The summed E-state index contributed by atoms with van der Waals surface area (Å²) in [5.74, 6) is 1.48. The molecule has 0 spiro atoms. The molecular formula is C13H18N4O. The Hall–Kier alpha value is -2.17. The molecule has 0 radical (unpaired) electrons. The minimum absolute atomic E-state index is 0.0948. The first-order valence-corrected chi connectivity index (χ1v) is 5.87. The average molecular weight is 246 g/mol. The van der Waals surface area contributed by atoms with Crippen molar-refractivity contribution in [1.82, 2.24) is 9.78 Å². The van der Waals surface area contributed by atoms with Gasteiger partial charge in [-0.2, -0.15) is 5.10 Å². The molecule has 18 heavy (non-hydrogen) atoms. The second-order valence-corrected chi connectivity index (χ2v) is 4.42. The van der Waals surface area contributed by atoms with Gasteiger partial charge in [-0.05, 0) is 26.0 Å². The Labute approximate surface area is 107 Å². The van der Waals surface area contributed by atoms with Crippen LogP contribution in [0.1, 0.15) is 13.8 Å². The molecule has 0 unspecified atom stereocenters. The summed E-state index contributed by atoms with van der Waals surface area (Å²) in [7, 11) is 1.88. The van der Waals surface area contributed by atoms with Crippen LogP contribution in [0.3, 0.4) is 0 Å². The molecule has 0 saturated heterocycles. The fourth-order valence-electron chi connectivity index (χ4n) is 1.60. The summed E-state index contributed by atoms with van der Waals surface area (Å²) in [6, 6.07) is 7.50. The highest BCUT2D eigenvalue weighted by molar-refractivity contribution is 5.65. The van der Waals surface area contributed by atoms with Gasteiger partial charge in [-0.25, -0.2) is 0 Å². The zero-order valence-corrected chi connectivity index (χ0v) is 10.8. The topological polar surface area (TPSA) is 65.1 Å². The van der Waals surface area contributed by atoms with Gasteiger partial charge in [0.1, 0.15) is 5.75 Å². The van der Waals surface area contributed by atoms with E-state index >= 15 is 0 Å². The van der Waals surface area contributed by atoms with Crippen molar-refractivity contribution in [3.8, 4) is 5.75 Å². The largest absolute Gasteiger partial charge is 0.489 e. The molecule has 0 atom stereocenters. The number of nitrogens with one attached hydrogen (secondary N) is 1. The molecule has 1 aromatic carbocycles. The Morgan fingerprint density at radius 2 is 2.11 bits per heavy atom. The quantitative estimate of drug-likeness (QED) is 0.814. The third-order valence-electron chi connectivity index (χ3n) is 2.36. The number of hydrogen-bond acceptors (Lipinski definition) is 4. The second kappa shape index (κ2) is 5.00. The Bertz CT molecular complexity index is 534. The van der Waals surface area contributed by atoms with Gasteiger partial charge in [0.05, 0.1) is 11.8 Å². The summed E-state index contributed by atoms with van der Waals surface area (Å²) >= 11 is 0. The van der Waals surface area contributed by atoms with Gasteiger partial charge in [0, 0.05) is 31.1 Å². The van der Waals surface area contributed by atoms with Gasteiger partial charge in [-0.15, -0.1) is 0 Å². The van der Waals surface area contributed by atoms with Crippen molar-refractivity contribution in [2.24, 2.45) is 7.05 Å². The van der Waals surface area contributed by atoms with E-state index in [4.69, 9.17) is 10.5 Å². The lowest BCUT2D eigenvalue weighted by Gasteiger charge is -2.13. The lowest BCUT2D eigenvalue weighted by Crippen LogP contribution is -2.07. The van der Waals surface area contributed by atoms with E-state index in [1.807, 2.05) is 51.4 Å². The Morgan fingerprint density at radius 1 is 1.33 bits per heavy atom. The summed E-state index contributed by atoms with van der Waals surface area (Å²) in [5, 5.41) is 7.45. The SMILES string of the molecule is CC(C)Oc1cc(Nc2ccn(C)n2)ccc1N. The van der Waals surface area contributed by atoms with Crippen molar-refractivity contribution in [1.29, 1.82) is 0 Å². The smallest absolute Gasteiger partial charge is 0.152 e. The molecule has 3 N–H and O–H groups in total. The standard InChI is InChI=1S/C13H18N4O/c1-9(2)18-12-8-10(4-5-11(12)14)15-13-6-7-17(3)16-13/h4-9H,14H2,1-3H3,(H,15,16). The van der Waals surface area contributed by atoms with Crippen LogP contribution in [0, 0.1) is 0 Å². The monoisotopic (exact) mass is 246 g/mol. The predicted molar refractivity (Wildman–Crippen MR) is 73.1 cm³/mol. The van der Waals surface area contributed by atoms with Crippen LogP contribution < -0.4 is 15.8 Å². The number of aromatic nitrogens is 2. The molecule has 5 nitrogen and oxygen atoms in total. The van der Waals surface area contributed by atoms with Gasteiger partial charge < -0.3 is 15.8 Å². The summed E-state index contributed by atoms with van der Waals surface area (Å²) in [6.45, 7) is 3.94. The van der Waals surface area contributed by atoms with Crippen molar-refractivity contribution in [2.45, 2.75) is 20.0 Å². The van der Waals surface area contributed by atoms with Crippen LogP contribution in [0.5, 0.6) is 5.75 Å². The number of nitrogens with zero attached hydrogens (tertiary/aromatic N) is 2. The highest BCUT2D eigenvalue weighted by atomic mass is 16.5. The minimum Gasteiger partial charge on any atom is -0.489 e. The minimum atomic E-state index is 0.0948. The number of anilines is 3. The lowest BCUT2D eigenvalue weighted by molar-refractivity contribution is 0.244. The molecule has 2 aromatic rings. The third kappa shape index (κ3) is 2.94. The van der Waals surface area contributed by atoms with Crippen LogP contribution in [0.2, 0.25) is 0 Å². The summed E-state index contributed by atoms with van der Waals surface area (Å²) in [6.07, 6.45) is 1.97. The zero-order valence-electron chi connectivity index (χ0n) is 10.8. The fraction of sp³-hybridized carbons (Fsp3) is 0.308.